The van der Waals surface area contributed by atoms with Crippen molar-refractivity contribution >= 4 is 11.8 Å². The maximum atomic E-state index is 5.14. The highest BCUT2D eigenvalue weighted by Gasteiger charge is 2.00. The minimum Gasteiger partial charge on any atom is -0.497 e. The number of nitrogens with one attached hydrogen (secondary N) is 2. The van der Waals surface area contributed by atoms with Crippen LogP contribution < -0.4 is 15.4 Å². The standard InChI is InChI=1S/C16H22N4O2/c1-21-11-3-9-17-15-8-10-18-16(20-15)19-12-13-4-6-14(22-2)7-5-13/h4-8,10H,3,9,11-12H2,1-2H3,(H2,17,18,19,20). The van der Waals surface area contributed by atoms with Crippen molar-refractivity contribution in [3.63, 3.8) is 0 Å². The lowest BCUT2D eigenvalue weighted by atomic mass is 10.2. The van der Waals surface area contributed by atoms with Crippen LogP contribution in [0.5, 0.6) is 5.75 Å². The molecule has 0 unspecified atom stereocenters. The molecule has 22 heavy (non-hydrogen) atoms. The molecule has 2 aromatic rings. The molecule has 0 atom stereocenters. The molecule has 6 heteroatoms. The zero-order valence-electron chi connectivity index (χ0n) is 13.0. The highest BCUT2D eigenvalue weighted by molar-refractivity contribution is 5.40. The summed E-state index contributed by atoms with van der Waals surface area (Å²) in [6.45, 7) is 2.22. The zero-order valence-corrected chi connectivity index (χ0v) is 13.0. The Kier molecular flexibility index (Phi) is 6.44. The van der Waals surface area contributed by atoms with Gasteiger partial charge in [-0.3, -0.25) is 0 Å². The molecule has 0 saturated carbocycles. The SMILES string of the molecule is COCCCNc1ccnc(NCc2ccc(OC)cc2)n1. The van der Waals surface area contributed by atoms with Crippen LogP contribution in [-0.2, 0) is 11.3 Å². The molecule has 0 spiro atoms. The fourth-order valence-electron chi connectivity index (χ4n) is 1.90. The first kappa shape index (κ1) is 16.0. The summed E-state index contributed by atoms with van der Waals surface area (Å²) in [5.74, 6) is 2.26. The number of hydrogen-bond acceptors (Lipinski definition) is 6. The molecule has 0 aliphatic rings. The van der Waals surface area contributed by atoms with Crippen molar-refractivity contribution in [3.8, 4) is 5.75 Å². The molecule has 0 aliphatic heterocycles. The maximum Gasteiger partial charge on any atom is 0.224 e. The van der Waals surface area contributed by atoms with Gasteiger partial charge in [-0.05, 0) is 30.2 Å². The van der Waals surface area contributed by atoms with Crippen molar-refractivity contribution < 1.29 is 9.47 Å². The Morgan fingerprint density at radius 3 is 2.59 bits per heavy atom. The summed E-state index contributed by atoms with van der Waals surface area (Å²) in [5, 5.41) is 6.46. The van der Waals surface area contributed by atoms with Gasteiger partial charge in [0.15, 0.2) is 0 Å². The third-order valence-corrected chi connectivity index (χ3v) is 3.10. The Morgan fingerprint density at radius 1 is 1.05 bits per heavy atom. The van der Waals surface area contributed by atoms with E-state index in [2.05, 4.69) is 20.6 Å². The Morgan fingerprint density at radius 2 is 1.86 bits per heavy atom. The second kappa shape index (κ2) is 8.84. The van der Waals surface area contributed by atoms with Crippen LogP contribution in [-0.4, -0.2) is 37.3 Å². The van der Waals surface area contributed by atoms with Gasteiger partial charge >= 0.3 is 0 Å². The lowest BCUT2D eigenvalue weighted by molar-refractivity contribution is 0.198. The van der Waals surface area contributed by atoms with Gasteiger partial charge in [0.2, 0.25) is 5.95 Å². The molecule has 1 heterocycles. The van der Waals surface area contributed by atoms with E-state index in [-0.39, 0.29) is 0 Å². The Labute approximate surface area is 130 Å². The Hall–Kier alpha value is -2.34. The van der Waals surface area contributed by atoms with Gasteiger partial charge in [-0.1, -0.05) is 12.1 Å². The Bertz CT molecular complexity index is 560. The van der Waals surface area contributed by atoms with Gasteiger partial charge in [0.1, 0.15) is 11.6 Å². The quantitative estimate of drug-likeness (QED) is 0.694. The maximum absolute atomic E-state index is 5.14. The first-order valence-corrected chi connectivity index (χ1v) is 7.24. The van der Waals surface area contributed by atoms with E-state index in [0.29, 0.717) is 12.5 Å². The minimum absolute atomic E-state index is 0.604. The molecule has 0 bridgehead atoms. The lowest BCUT2D eigenvalue weighted by Gasteiger charge is -2.08. The van der Waals surface area contributed by atoms with E-state index in [1.54, 1.807) is 20.4 Å². The molecule has 118 valence electrons. The molecule has 2 N–H and O–H groups in total. The van der Waals surface area contributed by atoms with E-state index < -0.39 is 0 Å². The van der Waals surface area contributed by atoms with Crippen LogP contribution in [0.25, 0.3) is 0 Å². The van der Waals surface area contributed by atoms with Crippen molar-refractivity contribution in [1.29, 1.82) is 0 Å². The van der Waals surface area contributed by atoms with Gasteiger partial charge in [-0.15, -0.1) is 0 Å². The number of rotatable bonds is 9. The molecular weight excluding hydrogens is 280 g/mol. The van der Waals surface area contributed by atoms with Crippen molar-refractivity contribution in [2.45, 2.75) is 13.0 Å². The van der Waals surface area contributed by atoms with E-state index in [4.69, 9.17) is 9.47 Å². The summed E-state index contributed by atoms with van der Waals surface area (Å²) in [7, 11) is 3.36. The highest BCUT2D eigenvalue weighted by atomic mass is 16.5. The van der Waals surface area contributed by atoms with E-state index >= 15 is 0 Å². The van der Waals surface area contributed by atoms with Gasteiger partial charge in [0, 0.05) is 33.0 Å². The van der Waals surface area contributed by atoms with Crippen molar-refractivity contribution in [2.75, 3.05) is 38.0 Å². The van der Waals surface area contributed by atoms with Crippen molar-refractivity contribution in [2.24, 2.45) is 0 Å². The van der Waals surface area contributed by atoms with E-state index in [0.717, 1.165) is 36.7 Å². The molecule has 0 saturated heterocycles. The second-order valence-electron chi connectivity index (χ2n) is 4.74. The van der Waals surface area contributed by atoms with Crippen LogP contribution >= 0.6 is 0 Å². The third kappa shape index (κ3) is 5.21. The number of hydrogen-bond donors (Lipinski definition) is 2. The van der Waals surface area contributed by atoms with E-state index in [9.17, 15) is 0 Å². The number of ether oxygens (including phenoxy) is 2. The van der Waals surface area contributed by atoms with E-state index in [1.807, 2.05) is 30.3 Å². The minimum atomic E-state index is 0.604. The summed E-state index contributed by atoms with van der Waals surface area (Å²) in [6.07, 6.45) is 2.68. The fraction of sp³-hybridized carbons (Fsp3) is 0.375. The number of anilines is 2. The summed E-state index contributed by atoms with van der Waals surface area (Å²) in [6, 6.07) is 9.75. The predicted octanol–water partition coefficient (Wildman–Crippen LogP) is 2.55. The molecule has 2 rings (SSSR count). The van der Waals surface area contributed by atoms with Crippen molar-refractivity contribution in [3.05, 3.63) is 42.1 Å². The molecule has 0 radical (unpaired) electrons. The molecule has 0 fully saturated rings. The molecule has 6 nitrogen and oxygen atoms in total. The van der Waals surface area contributed by atoms with Crippen molar-refractivity contribution in [1.82, 2.24) is 9.97 Å². The van der Waals surface area contributed by atoms with Crippen LogP contribution in [0.15, 0.2) is 36.5 Å². The molecule has 1 aromatic heterocycles. The fourth-order valence-corrected chi connectivity index (χ4v) is 1.90. The summed E-state index contributed by atoms with van der Waals surface area (Å²) < 4.78 is 10.2. The number of methoxy groups -OCH3 is 2. The first-order chi connectivity index (χ1) is 10.8. The normalized spacial score (nSPS) is 10.3. The van der Waals surface area contributed by atoms with Gasteiger partial charge in [0.05, 0.1) is 7.11 Å². The van der Waals surface area contributed by atoms with Crippen LogP contribution in [0.3, 0.4) is 0 Å². The predicted molar refractivity (Wildman–Crippen MR) is 87.3 cm³/mol. The zero-order chi connectivity index (χ0) is 15.6. The first-order valence-electron chi connectivity index (χ1n) is 7.24. The lowest BCUT2D eigenvalue weighted by Crippen LogP contribution is -2.08. The van der Waals surface area contributed by atoms with Gasteiger partial charge in [0.25, 0.3) is 0 Å². The van der Waals surface area contributed by atoms with Crippen LogP contribution in [0.4, 0.5) is 11.8 Å². The number of aromatic nitrogens is 2. The Balaban J connectivity index is 1.84. The van der Waals surface area contributed by atoms with Gasteiger partial charge in [-0.2, -0.15) is 4.98 Å². The van der Waals surface area contributed by atoms with Crippen LogP contribution in [0.1, 0.15) is 12.0 Å². The largest absolute Gasteiger partial charge is 0.497 e. The third-order valence-electron chi connectivity index (χ3n) is 3.10. The second-order valence-corrected chi connectivity index (χ2v) is 4.74. The van der Waals surface area contributed by atoms with Gasteiger partial charge in [-0.25, -0.2) is 4.98 Å². The summed E-state index contributed by atoms with van der Waals surface area (Å²) in [5.41, 5.74) is 1.14. The number of benzene rings is 1. The topological polar surface area (TPSA) is 68.3 Å². The van der Waals surface area contributed by atoms with Crippen LogP contribution in [0.2, 0.25) is 0 Å². The molecule has 1 aromatic carbocycles. The van der Waals surface area contributed by atoms with Gasteiger partial charge < -0.3 is 20.1 Å². The molecule has 0 amide bonds. The highest BCUT2D eigenvalue weighted by Crippen LogP contribution is 2.12. The molecular formula is C16H22N4O2. The smallest absolute Gasteiger partial charge is 0.224 e. The molecule has 0 aliphatic carbocycles. The summed E-state index contributed by atoms with van der Waals surface area (Å²) in [4.78, 5) is 8.64. The summed E-state index contributed by atoms with van der Waals surface area (Å²) >= 11 is 0. The monoisotopic (exact) mass is 302 g/mol. The van der Waals surface area contributed by atoms with E-state index in [1.165, 1.54) is 0 Å². The number of nitrogens with zero attached hydrogens (tertiary/aromatic N) is 2. The average Bonchev–Trinajstić information content (AvgIpc) is 2.58. The average molecular weight is 302 g/mol. The van der Waals surface area contributed by atoms with Crippen LogP contribution in [0, 0.1) is 0 Å².